The minimum absolute atomic E-state index is 0.00473. The van der Waals surface area contributed by atoms with Gasteiger partial charge in [0.1, 0.15) is 17.2 Å². The van der Waals surface area contributed by atoms with Gasteiger partial charge in [0.05, 0.1) is 52.1 Å². The number of fused-ring (bicyclic) bond motifs is 4. The monoisotopic (exact) mass is 848 g/mol. The van der Waals surface area contributed by atoms with Gasteiger partial charge in [-0.25, -0.2) is 18.2 Å². The van der Waals surface area contributed by atoms with Crippen LogP contribution in [0.5, 0.6) is 0 Å². The standard InChI is InChI=1S/C47H41Cl2F3N6O2/c1-23-14-27(15-24(2)55-23)43-32-19-39(38-18-29(21-57(38)47(59)25-11-12-25)60-22-33-35(50)9-4-10-36(33)51)58(45-28-17-37(45)54-20-28)46(32)31-16-26(6-5-13-53)40(42(52)44(31)56-43)30-7-3-8-34(48)41(30)49/h3-4,7-10,14-16,19,25,28-29,37-38,45,54H,5-6,11-12,17-18,20-22H2,1-2H3/t28-,29+,37-,38-,45+/m1/s1. The first-order chi connectivity index (χ1) is 29.0. The molecule has 1 amide bonds. The fraction of sp³-hybridized carbons (Fsp3) is 0.362. The molecule has 0 spiro atoms. The maximum Gasteiger partial charge on any atom is 0.226 e. The van der Waals surface area contributed by atoms with Gasteiger partial charge in [-0.2, -0.15) is 5.26 Å². The van der Waals surface area contributed by atoms with Gasteiger partial charge >= 0.3 is 0 Å². The van der Waals surface area contributed by atoms with E-state index in [1.54, 1.807) is 18.2 Å². The number of amides is 1. The molecule has 2 bridgehead atoms. The quantitative estimate of drug-likeness (QED) is 0.148. The van der Waals surface area contributed by atoms with Crippen molar-refractivity contribution in [1.82, 2.24) is 24.8 Å². The van der Waals surface area contributed by atoms with E-state index in [4.69, 9.17) is 32.9 Å². The van der Waals surface area contributed by atoms with Crippen LogP contribution in [0, 0.1) is 54.5 Å². The number of likely N-dealkylation sites (tertiary alicyclic amines) is 1. The van der Waals surface area contributed by atoms with E-state index in [1.807, 2.05) is 36.9 Å². The van der Waals surface area contributed by atoms with Crippen LogP contribution >= 0.6 is 23.2 Å². The molecule has 5 aliphatic rings. The number of halogens is 5. The second kappa shape index (κ2) is 15.2. The number of carbonyl (C=O) groups excluding carboxylic acids is 1. The van der Waals surface area contributed by atoms with Gasteiger partial charge in [0, 0.05) is 88.0 Å². The SMILES string of the molecule is Cc1cc(-c2nc3c(F)c(-c4cccc(Cl)c4Cl)c(CCC#N)cc3c3c2cc([C@H]2C[C@H](OCc4c(F)cccc4F)CN2C(=O)C2CC2)n3[C@H]2[C@H]3CN[C@@H]2C3)cc(C)n1. The fourth-order valence-electron chi connectivity index (χ4n) is 10.0. The molecule has 3 saturated heterocycles. The van der Waals surface area contributed by atoms with Crippen LogP contribution in [0.4, 0.5) is 13.2 Å². The fourth-order valence-corrected chi connectivity index (χ4v) is 10.4. The van der Waals surface area contributed by atoms with Crippen LogP contribution < -0.4 is 5.32 Å². The molecule has 60 heavy (non-hydrogen) atoms. The van der Waals surface area contributed by atoms with E-state index >= 15 is 4.39 Å². The minimum Gasteiger partial charge on any atom is -0.371 e. The first-order valence-corrected chi connectivity index (χ1v) is 21.3. The number of benzene rings is 3. The number of hydrogen-bond acceptors (Lipinski definition) is 6. The predicted molar refractivity (Wildman–Crippen MR) is 225 cm³/mol. The molecule has 1 N–H and O–H groups in total. The van der Waals surface area contributed by atoms with Gasteiger partial charge < -0.3 is 19.5 Å². The van der Waals surface area contributed by atoms with Gasteiger partial charge in [-0.15, -0.1) is 0 Å². The summed E-state index contributed by atoms with van der Waals surface area (Å²) in [5.41, 5.74) is 5.82. The van der Waals surface area contributed by atoms with E-state index in [2.05, 4.69) is 27.0 Å². The zero-order valence-electron chi connectivity index (χ0n) is 33.0. The Labute approximate surface area is 355 Å². The van der Waals surface area contributed by atoms with Gasteiger partial charge in [0.25, 0.3) is 0 Å². The van der Waals surface area contributed by atoms with Crippen molar-refractivity contribution in [1.29, 1.82) is 5.26 Å². The lowest BCUT2D eigenvalue weighted by Crippen LogP contribution is -2.41. The number of hydrogen-bond donors (Lipinski definition) is 1. The summed E-state index contributed by atoms with van der Waals surface area (Å²) in [5, 5.41) is 15.3. The smallest absolute Gasteiger partial charge is 0.226 e. The van der Waals surface area contributed by atoms with E-state index in [0.717, 1.165) is 59.4 Å². The molecule has 11 rings (SSSR count). The Morgan fingerprint density at radius 3 is 2.42 bits per heavy atom. The van der Waals surface area contributed by atoms with Crippen molar-refractivity contribution in [2.45, 2.75) is 83.2 Å². The molecule has 8 nitrogen and oxygen atoms in total. The van der Waals surface area contributed by atoms with Gasteiger partial charge in [-0.3, -0.25) is 9.78 Å². The molecular weight excluding hydrogens is 808 g/mol. The predicted octanol–water partition coefficient (Wildman–Crippen LogP) is 10.5. The lowest BCUT2D eigenvalue weighted by atomic mass is 9.79. The molecule has 0 radical (unpaired) electrons. The maximum atomic E-state index is 17.8. The zero-order chi connectivity index (χ0) is 41.6. The van der Waals surface area contributed by atoms with Crippen molar-refractivity contribution in [3.05, 3.63) is 116 Å². The van der Waals surface area contributed by atoms with Gasteiger partial charge in [0.2, 0.25) is 5.91 Å². The third kappa shape index (κ3) is 6.55. The number of carbonyl (C=O) groups is 1. The Hall–Kier alpha value is -4.99. The van der Waals surface area contributed by atoms with Crippen molar-refractivity contribution in [3.63, 3.8) is 0 Å². The molecule has 2 aliphatic carbocycles. The molecule has 0 unspecified atom stereocenters. The third-order valence-electron chi connectivity index (χ3n) is 12.9. The number of aromatic nitrogens is 3. The topological polar surface area (TPSA) is 96.1 Å². The molecule has 5 atom stereocenters. The summed E-state index contributed by atoms with van der Waals surface area (Å²) in [6.07, 6.45) is 2.88. The molecule has 6 heterocycles. The minimum atomic E-state index is -0.681. The summed E-state index contributed by atoms with van der Waals surface area (Å²) in [6, 6.07) is 18.8. The number of nitrogens with one attached hydrogen (secondary N) is 1. The number of nitriles is 1. The molecule has 13 heteroatoms. The molecule has 3 aromatic carbocycles. The van der Waals surface area contributed by atoms with E-state index in [0.29, 0.717) is 34.5 Å². The number of rotatable bonds is 10. The van der Waals surface area contributed by atoms with Crippen LogP contribution in [0.1, 0.15) is 72.4 Å². The largest absolute Gasteiger partial charge is 0.371 e. The van der Waals surface area contributed by atoms with Gasteiger partial charge in [0.15, 0.2) is 5.82 Å². The highest BCUT2D eigenvalue weighted by atomic mass is 35.5. The van der Waals surface area contributed by atoms with Crippen LogP contribution in [0.2, 0.25) is 10.0 Å². The first kappa shape index (κ1) is 39.2. The summed E-state index contributed by atoms with van der Waals surface area (Å²) in [4.78, 5) is 26.0. The number of ether oxygens (including phenoxy) is 1. The van der Waals surface area contributed by atoms with Crippen LogP contribution in [-0.2, 0) is 22.6 Å². The van der Waals surface area contributed by atoms with Crippen LogP contribution in [0.25, 0.3) is 44.2 Å². The second-order valence-electron chi connectivity index (χ2n) is 16.8. The first-order valence-electron chi connectivity index (χ1n) is 20.6. The summed E-state index contributed by atoms with van der Waals surface area (Å²) < 4.78 is 55.9. The Balaban J connectivity index is 1.23. The van der Waals surface area contributed by atoms with Crippen molar-refractivity contribution >= 4 is 50.9 Å². The van der Waals surface area contributed by atoms with E-state index in [1.165, 1.54) is 18.2 Å². The maximum absolute atomic E-state index is 17.8. The number of aryl methyl sites for hydroxylation is 3. The average Bonchev–Trinajstić information content (AvgIpc) is 3.50. The van der Waals surface area contributed by atoms with E-state index < -0.39 is 29.6 Å². The van der Waals surface area contributed by atoms with Crippen LogP contribution in [0.3, 0.4) is 0 Å². The highest BCUT2D eigenvalue weighted by Gasteiger charge is 2.51. The highest BCUT2D eigenvalue weighted by Crippen LogP contribution is 2.52. The van der Waals surface area contributed by atoms with Crippen molar-refractivity contribution in [3.8, 4) is 28.5 Å². The molecule has 3 aromatic heterocycles. The zero-order valence-corrected chi connectivity index (χ0v) is 34.6. The summed E-state index contributed by atoms with van der Waals surface area (Å²) in [7, 11) is 0. The Morgan fingerprint density at radius 1 is 0.983 bits per heavy atom. The Kier molecular flexibility index (Phi) is 9.90. The lowest BCUT2D eigenvalue weighted by Gasteiger charge is -2.39. The van der Waals surface area contributed by atoms with Crippen molar-refractivity contribution in [2.24, 2.45) is 11.8 Å². The molecular formula is C47H41Cl2F3N6O2. The van der Waals surface area contributed by atoms with Crippen molar-refractivity contribution < 1.29 is 22.7 Å². The number of nitrogens with zero attached hydrogens (tertiary/aromatic N) is 5. The lowest BCUT2D eigenvalue weighted by molar-refractivity contribution is -0.134. The van der Waals surface area contributed by atoms with Crippen LogP contribution in [-0.4, -0.2) is 50.6 Å². The summed E-state index contributed by atoms with van der Waals surface area (Å²) in [6.45, 7) is 4.64. The highest BCUT2D eigenvalue weighted by molar-refractivity contribution is 6.43. The average molecular weight is 850 g/mol. The normalized spacial score (nSPS) is 22.2. The Morgan fingerprint density at radius 2 is 1.73 bits per heavy atom. The molecule has 5 fully saturated rings. The van der Waals surface area contributed by atoms with Crippen molar-refractivity contribution in [2.75, 3.05) is 13.1 Å². The molecule has 306 valence electrons. The van der Waals surface area contributed by atoms with Gasteiger partial charge in [-0.05, 0) is 93.5 Å². The summed E-state index contributed by atoms with van der Waals surface area (Å²) >= 11 is 13.3. The Bertz CT molecular complexity index is 2750. The molecule has 2 saturated carbocycles. The van der Waals surface area contributed by atoms with E-state index in [9.17, 15) is 18.8 Å². The number of pyridine rings is 2. The molecule has 3 aliphatic heterocycles. The van der Waals surface area contributed by atoms with Crippen LogP contribution in [0.15, 0.2) is 60.7 Å². The third-order valence-corrected chi connectivity index (χ3v) is 13.8. The summed E-state index contributed by atoms with van der Waals surface area (Å²) in [5.74, 6) is -1.70. The van der Waals surface area contributed by atoms with Gasteiger partial charge in [-0.1, -0.05) is 41.4 Å². The van der Waals surface area contributed by atoms with E-state index in [-0.39, 0.29) is 76.6 Å². The molecule has 6 aromatic rings. The second-order valence-corrected chi connectivity index (χ2v) is 17.6.